The van der Waals surface area contributed by atoms with Crippen LogP contribution in [0.15, 0.2) is 30.5 Å². The van der Waals surface area contributed by atoms with Gasteiger partial charge in [-0.2, -0.15) is 5.10 Å². The van der Waals surface area contributed by atoms with E-state index >= 15 is 0 Å². The average Bonchev–Trinajstić information content (AvgIpc) is 3.08. The Bertz CT molecular complexity index is 711. The number of aromatic nitrogens is 2. The first-order valence-corrected chi connectivity index (χ1v) is 8.48. The number of amides is 1. The SMILES string of the molecule is CCOc1cc(C)ccc1NC(=O)c1ccn(C2CCCNC2)n1.Cl. The molecule has 2 aromatic rings. The van der Waals surface area contributed by atoms with Gasteiger partial charge in [-0.25, -0.2) is 0 Å². The van der Waals surface area contributed by atoms with Gasteiger partial charge in [-0.1, -0.05) is 6.07 Å². The molecule has 25 heavy (non-hydrogen) atoms. The first kappa shape index (κ1) is 19.3. The number of carbonyl (C=O) groups excluding carboxylic acids is 1. The summed E-state index contributed by atoms with van der Waals surface area (Å²) in [5.41, 5.74) is 2.18. The predicted molar refractivity (Wildman–Crippen MR) is 101 cm³/mol. The zero-order valence-electron chi connectivity index (χ0n) is 14.6. The molecule has 1 amide bonds. The normalized spacial score (nSPS) is 16.8. The minimum absolute atomic E-state index is 0. The van der Waals surface area contributed by atoms with E-state index < -0.39 is 0 Å². The molecule has 1 aromatic carbocycles. The van der Waals surface area contributed by atoms with Gasteiger partial charge in [0.1, 0.15) is 5.75 Å². The first-order valence-electron chi connectivity index (χ1n) is 8.48. The van der Waals surface area contributed by atoms with E-state index in [0.717, 1.165) is 31.5 Å². The number of nitrogens with one attached hydrogen (secondary N) is 2. The van der Waals surface area contributed by atoms with Gasteiger partial charge in [-0.05, 0) is 57.0 Å². The number of anilines is 1. The van der Waals surface area contributed by atoms with Crippen molar-refractivity contribution in [3.05, 3.63) is 41.7 Å². The second kappa shape index (κ2) is 8.87. The van der Waals surface area contributed by atoms with Crippen molar-refractivity contribution < 1.29 is 9.53 Å². The number of rotatable bonds is 5. The fourth-order valence-electron chi connectivity index (χ4n) is 2.92. The van der Waals surface area contributed by atoms with Crippen molar-refractivity contribution in [2.75, 3.05) is 25.0 Å². The van der Waals surface area contributed by atoms with E-state index in [2.05, 4.69) is 15.7 Å². The minimum atomic E-state index is -0.220. The van der Waals surface area contributed by atoms with Crippen molar-refractivity contribution in [2.45, 2.75) is 32.7 Å². The van der Waals surface area contributed by atoms with Crippen molar-refractivity contribution in [1.29, 1.82) is 0 Å². The van der Waals surface area contributed by atoms with Crippen LogP contribution in [0.3, 0.4) is 0 Å². The molecule has 0 spiro atoms. The summed E-state index contributed by atoms with van der Waals surface area (Å²) in [5, 5.41) is 10.7. The summed E-state index contributed by atoms with van der Waals surface area (Å²) in [5.74, 6) is 0.462. The number of nitrogens with zero attached hydrogens (tertiary/aromatic N) is 2. The number of aryl methyl sites for hydroxylation is 1. The molecule has 1 aromatic heterocycles. The van der Waals surface area contributed by atoms with Crippen LogP contribution in [-0.2, 0) is 0 Å². The number of piperidine rings is 1. The van der Waals surface area contributed by atoms with E-state index in [9.17, 15) is 4.79 Å². The molecule has 1 saturated heterocycles. The summed E-state index contributed by atoms with van der Waals surface area (Å²) >= 11 is 0. The van der Waals surface area contributed by atoms with Crippen LogP contribution < -0.4 is 15.4 Å². The highest BCUT2D eigenvalue weighted by atomic mass is 35.5. The van der Waals surface area contributed by atoms with Gasteiger partial charge < -0.3 is 15.4 Å². The Morgan fingerprint density at radius 2 is 2.28 bits per heavy atom. The summed E-state index contributed by atoms with van der Waals surface area (Å²) in [7, 11) is 0. The lowest BCUT2D eigenvalue weighted by Gasteiger charge is -2.22. The number of halogens is 1. The van der Waals surface area contributed by atoms with E-state index in [1.165, 1.54) is 0 Å². The number of benzene rings is 1. The van der Waals surface area contributed by atoms with E-state index in [1.54, 1.807) is 6.07 Å². The fraction of sp³-hybridized carbons (Fsp3) is 0.444. The molecular formula is C18H25ClN4O2. The van der Waals surface area contributed by atoms with Crippen LogP contribution in [-0.4, -0.2) is 35.4 Å². The molecule has 1 atom stereocenters. The second-order valence-corrected chi connectivity index (χ2v) is 6.07. The molecule has 2 heterocycles. The lowest BCUT2D eigenvalue weighted by molar-refractivity contribution is 0.102. The van der Waals surface area contributed by atoms with Gasteiger partial charge in [0.15, 0.2) is 5.69 Å². The lowest BCUT2D eigenvalue weighted by atomic mass is 10.1. The van der Waals surface area contributed by atoms with Crippen LogP contribution in [0.1, 0.15) is 41.9 Å². The first-order chi connectivity index (χ1) is 11.7. The van der Waals surface area contributed by atoms with Crippen molar-refractivity contribution in [3.8, 4) is 5.75 Å². The molecule has 136 valence electrons. The Labute approximate surface area is 154 Å². The highest BCUT2D eigenvalue weighted by molar-refractivity contribution is 6.03. The molecule has 1 fully saturated rings. The van der Waals surface area contributed by atoms with Gasteiger partial charge in [-0.3, -0.25) is 9.48 Å². The molecule has 6 nitrogen and oxygen atoms in total. The summed E-state index contributed by atoms with van der Waals surface area (Å²) < 4.78 is 7.49. The highest BCUT2D eigenvalue weighted by Crippen LogP contribution is 2.26. The lowest BCUT2D eigenvalue weighted by Crippen LogP contribution is -2.32. The Balaban J connectivity index is 0.00000225. The average molecular weight is 365 g/mol. The third-order valence-electron chi connectivity index (χ3n) is 4.17. The summed E-state index contributed by atoms with van der Waals surface area (Å²) in [6.07, 6.45) is 4.10. The van der Waals surface area contributed by atoms with Crippen molar-refractivity contribution in [2.24, 2.45) is 0 Å². The van der Waals surface area contributed by atoms with Crippen LogP contribution in [0, 0.1) is 6.92 Å². The molecule has 1 aliphatic heterocycles. The Kier molecular flexibility index (Phi) is 6.84. The van der Waals surface area contributed by atoms with Crippen molar-refractivity contribution in [1.82, 2.24) is 15.1 Å². The molecule has 0 bridgehead atoms. The molecule has 3 rings (SSSR count). The quantitative estimate of drug-likeness (QED) is 0.855. The zero-order valence-corrected chi connectivity index (χ0v) is 15.4. The van der Waals surface area contributed by atoms with Gasteiger partial charge in [0.2, 0.25) is 0 Å². The maximum Gasteiger partial charge on any atom is 0.276 e. The topological polar surface area (TPSA) is 68.2 Å². The largest absolute Gasteiger partial charge is 0.492 e. The zero-order chi connectivity index (χ0) is 16.9. The van der Waals surface area contributed by atoms with Crippen LogP contribution in [0.4, 0.5) is 5.69 Å². The van der Waals surface area contributed by atoms with E-state index in [0.29, 0.717) is 29.8 Å². The number of hydrogen-bond donors (Lipinski definition) is 2. The second-order valence-electron chi connectivity index (χ2n) is 6.07. The minimum Gasteiger partial charge on any atom is -0.492 e. The van der Waals surface area contributed by atoms with Crippen LogP contribution in [0.5, 0.6) is 5.75 Å². The van der Waals surface area contributed by atoms with Crippen LogP contribution in [0.2, 0.25) is 0 Å². The van der Waals surface area contributed by atoms with Crippen LogP contribution in [0.25, 0.3) is 0 Å². The summed E-state index contributed by atoms with van der Waals surface area (Å²) in [4.78, 5) is 12.5. The predicted octanol–water partition coefficient (Wildman–Crippen LogP) is 3.19. The molecule has 1 unspecified atom stereocenters. The molecule has 0 aliphatic carbocycles. The van der Waals surface area contributed by atoms with Gasteiger partial charge in [0, 0.05) is 12.7 Å². The smallest absolute Gasteiger partial charge is 0.276 e. The summed E-state index contributed by atoms with van der Waals surface area (Å²) in [6, 6.07) is 7.81. The van der Waals surface area contributed by atoms with Crippen LogP contribution >= 0.6 is 12.4 Å². The standard InChI is InChI=1S/C18H24N4O2.ClH/c1-3-24-17-11-13(2)6-7-15(17)20-18(23)16-8-10-22(21-16)14-5-4-9-19-12-14;/h6-8,10-11,14,19H,3-5,9,12H2,1-2H3,(H,20,23);1H. The number of carbonyl (C=O) groups is 1. The van der Waals surface area contributed by atoms with E-state index in [-0.39, 0.29) is 18.3 Å². The fourth-order valence-corrected chi connectivity index (χ4v) is 2.92. The molecular weight excluding hydrogens is 340 g/mol. The van der Waals surface area contributed by atoms with E-state index in [1.807, 2.05) is 42.9 Å². The summed E-state index contributed by atoms with van der Waals surface area (Å²) in [6.45, 7) is 6.42. The third kappa shape index (κ3) is 4.74. The molecule has 0 radical (unpaired) electrons. The Hall–Kier alpha value is -2.05. The monoisotopic (exact) mass is 364 g/mol. The molecule has 1 aliphatic rings. The number of ether oxygens (including phenoxy) is 1. The maximum atomic E-state index is 12.5. The highest BCUT2D eigenvalue weighted by Gasteiger charge is 2.18. The molecule has 2 N–H and O–H groups in total. The Morgan fingerprint density at radius 3 is 3.00 bits per heavy atom. The number of hydrogen-bond acceptors (Lipinski definition) is 4. The Morgan fingerprint density at radius 1 is 1.44 bits per heavy atom. The van der Waals surface area contributed by atoms with Gasteiger partial charge >= 0.3 is 0 Å². The molecule has 0 saturated carbocycles. The molecule has 7 heteroatoms. The van der Waals surface area contributed by atoms with Crippen molar-refractivity contribution in [3.63, 3.8) is 0 Å². The van der Waals surface area contributed by atoms with E-state index in [4.69, 9.17) is 4.74 Å². The van der Waals surface area contributed by atoms with Gasteiger partial charge in [0.05, 0.1) is 18.3 Å². The third-order valence-corrected chi connectivity index (χ3v) is 4.17. The van der Waals surface area contributed by atoms with Crippen molar-refractivity contribution >= 4 is 24.0 Å². The van der Waals surface area contributed by atoms with Gasteiger partial charge in [-0.15, -0.1) is 12.4 Å². The maximum absolute atomic E-state index is 12.5. The van der Waals surface area contributed by atoms with Gasteiger partial charge in [0.25, 0.3) is 5.91 Å².